The van der Waals surface area contributed by atoms with E-state index in [0.29, 0.717) is 0 Å². The number of nitrogens with zero attached hydrogens (tertiary/aromatic N) is 3. The molecule has 0 bridgehead atoms. The second-order valence-corrected chi connectivity index (χ2v) is 22.4. The van der Waals surface area contributed by atoms with Crippen LogP contribution >= 0.6 is 0 Å². The summed E-state index contributed by atoms with van der Waals surface area (Å²) >= 11 is 0. The lowest BCUT2D eigenvalue weighted by atomic mass is 9.94. The first-order chi connectivity index (χ1) is 43.0. The molecule has 1 unspecified atom stereocenters. The Morgan fingerprint density at radius 1 is 0.489 bits per heavy atom. The lowest BCUT2D eigenvalue weighted by Gasteiger charge is -2.34. The summed E-state index contributed by atoms with van der Waals surface area (Å²) in [4.78, 5) is 5.04. The van der Waals surface area contributed by atoms with Crippen molar-refractivity contribution in [3.63, 3.8) is 0 Å². The van der Waals surface area contributed by atoms with Gasteiger partial charge in [0.2, 0.25) is 0 Å². The van der Waals surface area contributed by atoms with E-state index in [9.17, 15) is 0 Å². The first-order valence-electron chi connectivity index (χ1n) is 31.2. The van der Waals surface area contributed by atoms with Crippen LogP contribution in [0, 0.1) is 5.92 Å². The minimum Gasteiger partial charge on any atom is -0.359 e. The molecule has 0 spiro atoms. The Kier molecular flexibility index (Phi) is 21.0. The summed E-state index contributed by atoms with van der Waals surface area (Å²) in [5.41, 5.74) is 17.7. The molecule has 11 aromatic carbocycles. The van der Waals surface area contributed by atoms with E-state index in [4.69, 9.17) is 0 Å². The maximum atomic E-state index is 3.66. The van der Waals surface area contributed by atoms with Gasteiger partial charge in [-0.2, -0.15) is 0 Å². The molecule has 4 nitrogen and oxygen atoms in total. The van der Waals surface area contributed by atoms with Crippen LogP contribution in [0.5, 0.6) is 0 Å². The minimum absolute atomic E-state index is 0.758. The largest absolute Gasteiger partial charge is 0.359 e. The van der Waals surface area contributed by atoms with Crippen LogP contribution in [0.2, 0.25) is 0 Å². The van der Waals surface area contributed by atoms with Crippen LogP contribution in [-0.4, -0.2) is 4.57 Å². The zero-order chi connectivity index (χ0) is 62.3. The number of hydrogen-bond donors (Lipinski definition) is 1. The number of anilines is 7. The van der Waals surface area contributed by atoms with E-state index in [2.05, 4.69) is 343 Å². The summed E-state index contributed by atoms with van der Waals surface area (Å²) in [6.07, 6.45) is 16.1. The van der Waals surface area contributed by atoms with E-state index in [1.165, 1.54) is 66.5 Å². The summed E-state index contributed by atoms with van der Waals surface area (Å²) in [6, 6.07) is 82.3. The van der Waals surface area contributed by atoms with E-state index in [-0.39, 0.29) is 0 Å². The van der Waals surface area contributed by atoms with Crippen LogP contribution in [0.1, 0.15) is 89.5 Å². The molecule has 13 rings (SSSR count). The molecule has 1 aliphatic carbocycles. The van der Waals surface area contributed by atoms with Crippen molar-refractivity contribution in [2.45, 2.75) is 89.5 Å². The lowest BCUT2D eigenvalue weighted by Crippen LogP contribution is -2.15. The summed E-state index contributed by atoms with van der Waals surface area (Å²) in [6.45, 7) is 28.3. The number of benzene rings is 11. The number of nitrogens with one attached hydrogen (secondary N) is 1. The summed E-state index contributed by atoms with van der Waals surface area (Å²) in [7, 11) is 0. The topological polar surface area (TPSA) is 23.4 Å². The van der Waals surface area contributed by atoms with Crippen molar-refractivity contribution in [1.29, 1.82) is 0 Å². The third-order valence-corrected chi connectivity index (χ3v) is 16.2. The first-order valence-corrected chi connectivity index (χ1v) is 31.2. The molecule has 1 N–H and O–H groups in total. The molecule has 4 heteroatoms. The highest BCUT2D eigenvalue weighted by molar-refractivity contribution is 6.25. The van der Waals surface area contributed by atoms with Crippen molar-refractivity contribution in [3.8, 4) is 11.1 Å². The second kappa shape index (κ2) is 29.5. The molecule has 0 saturated heterocycles. The maximum absolute atomic E-state index is 3.66. The standard InChI is InChI=1S/C65H50N4.C9H14.C5H10.C3H6.C2H6/c1-4-41-67-60-36-17-15-30-53(60)58-43-49(39-40-61(58)67)69(63-38-20-24-46-22-7-9-29-52(46)63)65-56-33-12-10-31-54(56)64(55-32-11-13-34-57(55)65)68(62-37-19-23-45-21-6-8-28-51(45)62)48-26-18-25-47(42-48)50-27-14-16-35-59(50)66-44(3)5-2;1-7-4-5-8(2)9(3)6-7;1-4-5(2)3;1-3-2;1-2/h4-43,66H,1-3H3;5-7H,4H2,1-3H3;4H,1-3H3;3H,1H2,2H3;1-2H3/b41-4+,44-5+;;;;. The van der Waals surface area contributed by atoms with E-state index in [1.54, 1.807) is 6.08 Å². The van der Waals surface area contributed by atoms with Crippen LogP contribution < -0.4 is 15.1 Å². The van der Waals surface area contributed by atoms with Gasteiger partial charge in [-0.25, -0.2) is 0 Å². The Bertz CT molecular complexity index is 4510. The van der Waals surface area contributed by atoms with Crippen molar-refractivity contribution >= 4 is 111 Å². The van der Waals surface area contributed by atoms with Gasteiger partial charge in [-0.05, 0) is 146 Å². The number of aromatic nitrogens is 1. The maximum Gasteiger partial charge on any atom is 0.0620 e. The molecule has 12 aromatic rings. The van der Waals surface area contributed by atoms with E-state index < -0.39 is 0 Å². The second-order valence-electron chi connectivity index (χ2n) is 22.4. The smallest absolute Gasteiger partial charge is 0.0620 e. The Morgan fingerprint density at radius 3 is 1.45 bits per heavy atom. The van der Waals surface area contributed by atoms with Crippen molar-refractivity contribution in [3.05, 3.63) is 290 Å². The van der Waals surface area contributed by atoms with Gasteiger partial charge < -0.3 is 19.7 Å². The number of hydrogen-bond acceptors (Lipinski definition) is 3. The highest BCUT2D eigenvalue weighted by Gasteiger charge is 2.28. The number of para-hydroxylation sites is 2. The van der Waals surface area contributed by atoms with E-state index in [0.717, 1.165) is 84.1 Å². The summed E-state index contributed by atoms with van der Waals surface area (Å²) in [5, 5.41) is 15.4. The normalized spacial score (nSPS) is 12.8. The van der Waals surface area contributed by atoms with Crippen LogP contribution in [0.15, 0.2) is 290 Å². The monoisotopic (exact) mass is 1150 g/mol. The molecule has 0 saturated carbocycles. The van der Waals surface area contributed by atoms with Gasteiger partial charge in [0, 0.05) is 77.6 Å². The predicted octanol–water partition coefficient (Wildman–Crippen LogP) is 25.9. The molecule has 1 heterocycles. The van der Waals surface area contributed by atoms with Crippen LogP contribution in [0.3, 0.4) is 0 Å². The van der Waals surface area contributed by atoms with Crippen molar-refractivity contribution in [2.75, 3.05) is 15.1 Å². The van der Waals surface area contributed by atoms with E-state index in [1.807, 2.05) is 27.7 Å². The van der Waals surface area contributed by atoms with Gasteiger partial charge in [0.1, 0.15) is 0 Å². The molecule has 0 fully saturated rings. The fraction of sp³-hybridized carbons (Fsp3) is 0.167. The lowest BCUT2D eigenvalue weighted by molar-refractivity contribution is 0.722. The van der Waals surface area contributed by atoms with Crippen LogP contribution in [0.4, 0.5) is 39.8 Å². The quantitative estimate of drug-likeness (QED) is 0.0839. The zero-order valence-electron chi connectivity index (χ0n) is 53.7. The Balaban J connectivity index is 0.000000423. The van der Waals surface area contributed by atoms with Gasteiger partial charge in [0.25, 0.3) is 0 Å². The molecule has 0 radical (unpaired) electrons. The molecule has 442 valence electrons. The van der Waals surface area contributed by atoms with Crippen LogP contribution in [0.25, 0.3) is 82.2 Å². The van der Waals surface area contributed by atoms with Gasteiger partial charge in [-0.1, -0.05) is 244 Å². The number of allylic oxidation sites excluding steroid dienone is 10. The van der Waals surface area contributed by atoms with Gasteiger partial charge in [0.05, 0.1) is 33.8 Å². The Morgan fingerprint density at radius 2 is 0.943 bits per heavy atom. The molecule has 0 aliphatic heterocycles. The van der Waals surface area contributed by atoms with Crippen molar-refractivity contribution in [2.24, 2.45) is 5.92 Å². The summed E-state index contributed by atoms with van der Waals surface area (Å²) < 4.78 is 2.31. The fourth-order valence-corrected chi connectivity index (χ4v) is 11.7. The van der Waals surface area contributed by atoms with Gasteiger partial charge >= 0.3 is 0 Å². The zero-order valence-corrected chi connectivity index (χ0v) is 53.7. The SMILES string of the molecule is C/C=C/n1c2ccccc2c2cc(N(c3cccc4ccccc34)c3c4ccccc4c(N(c4cccc(-c5ccccc5N/C(C)=C/C)c4)c4cccc5ccccc45)c4ccccc34)ccc21.C=CC.CC.CC1=CCC(C)C=C1C.CC=C(C)C. The van der Waals surface area contributed by atoms with Gasteiger partial charge in [0.15, 0.2) is 0 Å². The molecule has 1 atom stereocenters. The van der Waals surface area contributed by atoms with Crippen molar-refractivity contribution in [1.82, 2.24) is 4.57 Å². The van der Waals surface area contributed by atoms with Gasteiger partial charge in [-0.15, -0.1) is 6.58 Å². The predicted molar refractivity (Wildman–Crippen MR) is 392 cm³/mol. The average molecular weight is 1150 g/mol. The fourth-order valence-electron chi connectivity index (χ4n) is 11.7. The van der Waals surface area contributed by atoms with Crippen molar-refractivity contribution < 1.29 is 0 Å². The Hall–Kier alpha value is -9.90. The first kappa shape index (κ1) is 62.6. The Labute approximate surface area is 524 Å². The molecular weight excluding hydrogens is 1060 g/mol. The minimum atomic E-state index is 0.758. The molecule has 0 amide bonds. The third-order valence-electron chi connectivity index (χ3n) is 16.2. The highest BCUT2D eigenvalue weighted by Crippen LogP contribution is 2.53. The summed E-state index contributed by atoms with van der Waals surface area (Å²) in [5.74, 6) is 0.758. The van der Waals surface area contributed by atoms with Crippen LogP contribution in [-0.2, 0) is 0 Å². The van der Waals surface area contributed by atoms with Gasteiger partial charge in [-0.3, -0.25) is 0 Å². The third kappa shape index (κ3) is 13.4. The molecular formula is C84H86N4. The van der Waals surface area contributed by atoms with E-state index >= 15 is 0 Å². The molecule has 88 heavy (non-hydrogen) atoms. The number of fused-ring (bicyclic) bond motifs is 7. The molecule has 1 aromatic heterocycles. The number of rotatable bonds is 10. The highest BCUT2D eigenvalue weighted by atomic mass is 15.2. The molecule has 1 aliphatic rings. The average Bonchev–Trinajstić information content (AvgIpc) is 1.88.